The lowest BCUT2D eigenvalue weighted by molar-refractivity contribution is 0.0945. The fraction of sp³-hybridized carbons (Fsp3) is 0.583. The summed E-state index contributed by atoms with van der Waals surface area (Å²) in [7, 11) is 0. The number of alkyl halides is 1. The van der Waals surface area contributed by atoms with E-state index in [1.54, 1.807) is 6.07 Å². The summed E-state index contributed by atoms with van der Waals surface area (Å²) in [5.74, 6) is 1.53. The lowest BCUT2D eigenvalue weighted by Crippen LogP contribution is -2.31. The Balaban J connectivity index is 1.90. The van der Waals surface area contributed by atoms with Crippen molar-refractivity contribution < 1.29 is 4.79 Å². The molecular weight excluding hydrogens is 313 g/mol. The minimum absolute atomic E-state index is 0.150. The maximum Gasteiger partial charge on any atom is 0.253 e. The molecule has 1 heterocycles. The summed E-state index contributed by atoms with van der Waals surface area (Å²) >= 11 is 18.9. The number of hydrogen-bond acceptors (Lipinski definition) is 2. The monoisotopic (exact) mass is 325 g/mol. The molecule has 0 radical (unpaired) electrons. The molecule has 100 valence electrons. The van der Waals surface area contributed by atoms with E-state index in [1.165, 1.54) is 17.8 Å². The van der Waals surface area contributed by atoms with Crippen molar-refractivity contribution in [3.63, 3.8) is 0 Å². The summed E-state index contributed by atoms with van der Waals surface area (Å²) < 4.78 is 0.975. The molecule has 1 aromatic rings. The number of carbonyl (C=O) groups excluding carboxylic acids is 1. The van der Waals surface area contributed by atoms with Gasteiger partial charge in [0, 0.05) is 12.4 Å². The fourth-order valence-electron chi connectivity index (χ4n) is 2.40. The highest BCUT2D eigenvalue weighted by molar-refractivity contribution is 7.20. The lowest BCUT2D eigenvalue weighted by atomic mass is 9.98. The lowest BCUT2D eigenvalue weighted by Gasteiger charge is -2.17. The maximum absolute atomic E-state index is 12.0. The second-order valence-corrected chi connectivity index (χ2v) is 7.15. The van der Waals surface area contributed by atoms with Gasteiger partial charge in [0.15, 0.2) is 0 Å². The summed E-state index contributed by atoms with van der Waals surface area (Å²) in [4.78, 5) is 12.0. The number of thiophene rings is 1. The van der Waals surface area contributed by atoms with Crippen LogP contribution in [0.5, 0.6) is 0 Å². The van der Waals surface area contributed by atoms with Crippen molar-refractivity contribution in [2.75, 3.05) is 12.4 Å². The zero-order valence-electron chi connectivity index (χ0n) is 9.72. The third-order valence-electron chi connectivity index (χ3n) is 3.44. The Labute approximate surface area is 126 Å². The standard InChI is InChI=1S/C12H14Cl3NOS/c13-5-7-2-1-3-8(7)6-16-12(17)9-4-10(14)18-11(9)15/h4,7-8H,1-3,5-6H2,(H,16,17). The highest BCUT2D eigenvalue weighted by atomic mass is 35.5. The Morgan fingerprint density at radius 1 is 1.39 bits per heavy atom. The van der Waals surface area contributed by atoms with Crippen LogP contribution in [0.3, 0.4) is 0 Å². The molecule has 1 aliphatic rings. The van der Waals surface area contributed by atoms with Gasteiger partial charge in [-0.25, -0.2) is 0 Å². The largest absolute Gasteiger partial charge is 0.352 e. The minimum atomic E-state index is -0.150. The number of rotatable bonds is 4. The number of halogens is 3. The number of carbonyl (C=O) groups is 1. The molecule has 1 aliphatic carbocycles. The first kappa shape index (κ1) is 14.4. The van der Waals surface area contributed by atoms with E-state index in [2.05, 4.69) is 5.32 Å². The average Bonchev–Trinajstić information content (AvgIpc) is 2.92. The van der Waals surface area contributed by atoms with Gasteiger partial charge in [0.05, 0.1) is 9.90 Å². The fourth-order valence-corrected chi connectivity index (χ4v) is 4.26. The van der Waals surface area contributed by atoms with Crippen molar-refractivity contribution in [3.8, 4) is 0 Å². The molecular formula is C12H14Cl3NOS. The summed E-state index contributed by atoms with van der Waals surface area (Å²) in [6.45, 7) is 0.667. The van der Waals surface area contributed by atoms with Crippen LogP contribution >= 0.6 is 46.1 Å². The third kappa shape index (κ3) is 3.32. The molecule has 2 rings (SSSR count). The van der Waals surface area contributed by atoms with Gasteiger partial charge in [0.25, 0.3) is 5.91 Å². The molecule has 0 bridgehead atoms. The van der Waals surface area contributed by atoms with Crippen molar-refractivity contribution in [2.45, 2.75) is 19.3 Å². The van der Waals surface area contributed by atoms with E-state index >= 15 is 0 Å². The molecule has 2 atom stereocenters. The molecule has 1 saturated carbocycles. The van der Waals surface area contributed by atoms with E-state index in [1.807, 2.05) is 0 Å². The van der Waals surface area contributed by atoms with Gasteiger partial charge in [-0.3, -0.25) is 4.79 Å². The van der Waals surface area contributed by atoms with E-state index in [9.17, 15) is 4.79 Å². The molecule has 0 aromatic carbocycles. The molecule has 0 saturated heterocycles. The molecule has 1 amide bonds. The molecule has 6 heteroatoms. The first-order valence-corrected chi connectivity index (χ1v) is 8.01. The molecule has 0 spiro atoms. The van der Waals surface area contributed by atoms with Gasteiger partial charge in [-0.15, -0.1) is 22.9 Å². The van der Waals surface area contributed by atoms with Gasteiger partial charge in [-0.1, -0.05) is 29.6 Å². The van der Waals surface area contributed by atoms with Crippen LogP contribution in [0.25, 0.3) is 0 Å². The summed E-state index contributed by atoms with van der Waals surface area (Å²) in [5, 5.41) is 2.93. The van der Waals surface area contributed by atoms with Gasteiger partial charge in [0.2, 0.25) is 0 Å². The molecule has 18 heavy (non-hydrogen) atoms. The van der Waals surface area contributed by atoms with Crippen molar-refractivity contribution in [2.24, 2.45) is 11.8 Å². The van der Waals surface area contributed by atoms with E-state index in [4.69, 9.17) is 34.8 Å². The van der Waals surface area contributed by atoms with E-state index in [-0.39, 0.29) is 5.91 Å². The van der Waals surface area contributed by atoms with Gasteiger partial charge < -0.3 is 5.32 Å². The Bertz CT molecular complexity index is 435. The first-order chi connectivity index (χ1) is 8.61. The smallest absolute Gasteiger partial charge is 0.253 e. The van der Waals surface area contributed by atoms with Crippen LogP contribution in [-0.2, 0) is 0 Å². The van der Waals surface area contributed by atoms with Crippen LogP contribution in [0.1, 0.15) is 29.6 Å². The third-order valence-corrected chi connectivity index (χ3v) is 5.32. The van der Waals surface area contributed by atoms with Gasteiger partial charge in [-0.2, -0.15) is 0 Å². The number of hydrogen-bond donors (Lipinski definition) is 1. The molecule has 2 nitrogen and oxygen atoms in total. The van der Waals surface area contributed by atoms with Crippen LogP contribution in [-0.4, -0.2) is 18.3 Å². The van der Waals surface area contributed by atoms with Crippen LogP contribution in [0.4, 0.5) is 0 Å². The van der Waals surface area contributed by atoms with E-state index in [0.717, 1.165) is 12.8 Å². The Kier molecular flexibility index (Phi) is 5.19. The van der Waals surface area contributed by atoms with Crippen molar-refractivity contribution >= 4 is 52.0 Å². The molecule has 1 fully saturated rings. The van der Waals surface area contributed by atoms with Gasteiger partial charge in [0.1, 0.15) is 4.34 Å². The highest BCUT2D eigenvalue weighted by Gasteiger charge is 2.27. The quantitative estimate of drug-likeness (QED) is 0.814. The maximum atomic E-state index is 12.0. The topological polar surface area (TPSA) is 29.1 Å². The summed E-state index contributed by atoms with van der Waals surface area (Å²) in [6, 6.07) is 1.61. The van der Waals surface area contributed by atoms with Crippen LogP contribution in [0, 0.1) is 11.8 Å². The second-order valence-electron chi connectivity index (χ2n) is 4.55. The molecule has 1 N–H and O–H groups in total. The van der Waals surface area contributed by atoms with Gasteiger partial charge >= 0.3 is 0 Å². The SMILES string of the molecule is O=C(NCC1CCCC1CCl)c1cc(Cl)sc1Cl. The van der Waals surface area contributed by atoms with Gasteiger partial charge in [-0.05, 0) is 30.7 Å². The second kappa shape index (κ2) is 6.47. The average molecular weight is 327 g/mol. The first-order valence-electron chi connectivity index (χ1n) is 5.90. The predicted octanol–water partition coefficient (Wildman–Crippen LogP) is 4.44. The van der Waals surface area contributed by atoms with Crippen LogP contribution in [0.15, 0.2) is 6.07 Å². The zero-order chi connectivity index (χ0) is 13.1. The van der Waals surface area contributed by atoms with Crippen molar-refractivity contribution in [1.29, 1.82) is 0 Å². The number of amides is 1. The molecule has 1 aromatic heterocycles. The van der Waals surface area contributed by atoms with E-state index in [0.29, 0.717) is 38.5 Å². The normalized spacial score (nSPS) is 23.3. The molecule has 2 unspecified atom stereocenters. The molecule has 0 aliphatic heterocycles. The summed E-state index contributed by atoms with van der Waals surface area (Å²) in [5.41, 5.74) is 0.465. The Hall–Kier alpha value is 0.0400. The predicted molar refractivity (Wildman–Crippen MR) is 78.2 cm³/mol. The van der Waals surface area contributed by atoms with Crippen LogP contribution < -0.4 is 5.32 Å². The number of nitrogens with one attached hydrogen (secondary N) is 1. The highest BCUT2D eigenvalue weighted by Crippen LogP contribution is 2.33. The summed E-state index contributed by atoms with van der Waals surface area (Å²) in [6.07, 6.45) is 3.49. The Morgan fingerprint density at radius 3 is 2.72 bits per heavy atom. The van der Waals surface area contributed by atoms with Crippen molar-refractivity contribution in [3.05, 3.63) is 20.3 Å². The Morgan fingerprint density at radius 2 is 2.11 bits per heavy atom. The minimum Gasteiger partial charge on any atom is -0.352 e. The zero-order valence-corrected chi connectivity index (χ0v) is 12.8. The van der Waals surface area contributed by atoms with Crippen LogP contribution in [0.2, 0.25) is 8.67 Å². The van der Waals surface area contributed by atoms with Crippen molar-refractivity contribution in [1.82, 2.24) is 5.32 Å². The van der Waals surface area contributed by atoms with E-state index < -0.39 is 0 Å².